The molecular weight excluding hydrogens is 584 g/mol. The Morgan fingerprint density at radius 1 is 0.977 bits per heavy atom. The zero-order valence-corrected chi connectivity index (χ0v) is 27.5. The molecule has 1 heterocycles. The Balaban J connectivity index is 2.01. The van der Waals surface area contributed by atoms with Crippen LogP contribution in [0.4, 0.5) is 0 Å². The van der Waals surface area contributed by atoms with Crippen LogP contribution in [0.5, 0.6) is 11.5 Å². The van der Waals surface area contributed by atoms with Gasteiger partial charge in [-0.1, -0.05) is 64.4 Å². The topological polar surface area (TPSA) is 129 Å². The molecule has 0 bridgehead atoms. The highest BCUT2D eigenvalue weighted by Crippen LogP contribution is 2.33. The summed E-state index contributed by atoms with van der Waals surface area (Å²) in [7, 11) is -0.611. The highest BCUT2D eigenvalue weighted by molar-refractivity contribution is 7.89. The van der Waals surface area contributed by atoms with Crippen LogP contribution >= 0.6 is 0 Å². The predicted octanol–water partition coefficient (Wildman–Crippen LogP) is 2.93. The number of hydrogen-bond acceptors (Lipinski definition) is 8. The standard InChI is InChI=1S/C32H48N4O7S/c1-7-24(4)17-32(39)36(33-31(38)22-34(5)6)27(18-25-11-9-8-10-12-25)28(37)21-35(20-23(2)3)44(40,41)26-13-14-29-30(19-26)43-16-15-42-29/h8-14,19,23-24,27-28,37H,7,15-18,20-22H2,1-6H3,(H,33,38)/t24-,27-,28+/m0/s1. The molecule has 1 aliphatic heterocycles. The molecule has 0 spiro atoms. The van der Waals surface area contributed by atoms with E-state index in [1.807, 2.05) is 58.0 Å². The Hall–Kier alpha value is -3.19. The van der Waals surface area contributed by atoms with Crippen LogP contribution in [0, 0.1) is 11.8 Å². The number of benzene rings is 2. The van der Waals surface area contributed by atoms with Crippen molar-refractivity contribution in [2.45, 2.75) is 64.0 Å². The summed E-state index contributed by atoms with van der Waals surface area (Å²) in [5, 5.41) is 13.1. The maximum absolute atomic E-state index is 14.0. The zero-order valence-electron chi connectivity index (χ0n) is 26.7. The normalized spacial score (nSPS) is 15.2. The van der Waals surface area contributed by atoms with Crippen LogP contribution in [0.25, 0.3) is 0 Å². The summed E-state index contributed by atoms with van der Waals surface area (Å²) in [5.41, 5.74) is 3.57. The summed E-state index contributed by atoms with van der Waals surface area (Å²) in [6, 6.07) is 12.8. The van der Waals surface area contributed by atoms with E-state index in [0.717, 1.165) is 12.0 Å². The second kappa shape index (κ2) is 16.2. The van der Waals surface area contributed by atoms with Crippen molar-refractivity contribution in [1.82, 2.24) is 19.6 Å². The Morgan fingerprint density at radius 3 is 2.25 bits per heavy atom. The monoisotopic (exact) mass is 632 g/mol. The quantitative estimate of drug-likeness (QED) is 0.287. The second-order valence-corrected chi connectivity index (χ2v) is 14.0. The summed E-state index contributed by atoms with van der Waals surface area (Å²) in [5.74, 6) is 0.0208. The van der Waals surface area contributed by atoms with Gasteiger partial charge >= 0.3 is 0 Å². The Morgan fingerprint density at radius 2 is 1.64 bits per heavy atom. The van der Waals surface area contributed by atoms with Crippen LogP contribution < -0.4 is 14.9 Å². The second-order valence-electron chi connectivity index (χ2n) is 12.1. The molecule has 2 amide bonds. The van der Waals surface area contributed by atoms with Crippen LogP contribution in [0.15, 0.2) is 53.4 Å². The molecule has 244 valence electrons. The smallest absolute Gasteiger partial charge is 0.252 e. The third-order valence-corrected chi connectivity index (χ3v) is 9.20. The maximum Gasteiger partial charge on any atom is 0.252 e. The molecule has 0 aliphatic carbocycles. The average Bonchev–Trinajstić information content (AvgIpc) is 2.98. The highest BCUT2D eigenvalue weighted by atomic mass is 32.2. The fourth-order valence-electron chi connectivity index (χ4n) is 4.92. The van der Waals surface area contributed by atoms with E-state index in [4.69, 9.17) is 9.47 Å². The lowest BCUT2D eigenvalue weighted by Crippen LogP contribution is -2.60. The number of fused-ring (bicyclic) bond motifs is 1. The van der Waals surface area contributed by atoms with Crippen molar-refractivity contribution in [2.24, 2.45) is 11.8 Å². The van der Waals surface area contributed by atoms with Gasteiger partial charge in [0, 0.05) is 25.6 Å². The number of carbonyl (C=O) groups is 2. The number of amides is 2. The molecule has 0 saturated carbocycles. The number of hydrogen-bond donors (Lipinski definition) is 2. The molecule has 44 heavy (non-hydrogen) atoms. The largest absolute Gasteiger partial charge is 0.486 e. The Bertz CT molecular complexity index is 1340. The average molecular weight is 633 g/mol. The molecule has 2 N–H and O–H groups in total. The van der Waals surface area contributed by atoms with Gasteiger partial charge in [0.2, 0.25) is 15.9 Å². The van der Waals surface area contributed by atoms with Gasteiger partial charge in [0.05, 0.1) is 23.6 Å². The van der Waals surface area contributed by atoms with E-state index in [1.54, 1.807) is 25.1 Å². The minimum atomic E-state index is -4.10. The fraction of sp³-hybridized carbons (Fsp3) is 0.562. The predicted molar refractivity (Wildman–Crippen MR) is 169 cm³/mol. The number of nitrogens with zero attached hydrogens (tertiary/aromatic N) is 3. The van der Waals surface area contributed by atoms with Gasteiger partial charge in [0.15, 0.2) is 11.5 Å². The van der Waals surface area contributed by atoms with Gasteiger partial charge < -0.3 is 19.5 Å². The van der Waals surface area contributed by atoms with E-state index >= 15 is 0 Å². The number of carbonyl (C=O) groups excluding carboxylic acids is 2. The number of sulfonamides is 1. The van der Waals surface area contributed by atoms with Crippen LogP contribution in [0.3, 0.4) is 0 Å². The molecule has 0 fully saturated rings. The van der Waals surface area contributed by atoms with E-state index in [9.17, 15) is 23.1 Å². The van der Waals surface area contributed by atoms with Gasteiger partial charge in [-0.15, -0.1) is 0 Å². The summed E-state index contributed by atoms with van der Waals surface area (Å²) in [4.78, 5) is 28.4. The third-order valence-electron chi connectivity index (χ3n) is 7.37. The molecule has 2 aromatic carbocycles. The SMILES string of the molecule is CC[C@H](C)CC(=O)N(NC(=O)CN(C)C)[C@@H](Cc1ccccc1)[C@H](O)CN(CC(C)C)S(=O)(=O)c1ccc2c(c1)OCCO2. The van der Waals surface area contributed by atoms with E-state index in [2.05, 4.69) is 5.43 Å². The lowest BCUT2D eigenvalue weighted by Gasteiger charge is -2.37. The maximum atomic E-state index is 14.0. The van der Waals surface area contributed by atoms with Crippen molar-refractivity contribution in [3.05, 3.63) is 54.1 Å². The van der Waals surface area contributed by atoms with Crippen molar-refractivity contribution in [2.75, 3.05) is 46.9 Å². The van der Waals surface area contributed by atoms with Gasteiger partial charge in [-0.25, -0.2) is 13.4 Å². The van der Waals surface area contributed by atoms with E-state index in [-0.39, 0.29) is 55.1 Å². The molecule has 3 atom stereocenters. The molecule has 1 aliphatic rings. The molecule has 12 heteroatoms. The number of aliphatic hydroxyl groups is 1. The molecular formula is C32H48N4O7S. The van der Waals surface area contributed by atoms with E-state index in [1.165, 1.54) is 21.4 Å². The van der Waals surface area contributed by atoms with Crippen molar-refractivity contribution >= 4 is 21.8 Å². The first-order valence-corrected chi connectivity index (χ1v) is 16.6. The lowest BCUT2D eigenvalue weighted by molar-refractivity contribution is -0.148. The third kappa shape index (κ3) is 9.91. The van der Waals surface area contributed by atoms with Crippen molar-refractivity contribution < 1.29 is 32.6 Å². The summed E-state index contributed by atoms with van der Waals surface area (Å²) in [6.07, 6.45) is -0.244. The first-order chi connectivity index (χ1) is 20.8. The van der Waals surface area contributed by atoms with E-state index < -0.39 is 28.1 Å². The van der Waals surface area contributed by atoms with Crippen molar-refractivity contribution in [3.63, 3.8) is 0 Å². The van der Waals surface area contributed by atoms with E-state index in [0.29, 0.717) is 24.7 Å². The minimum absolute atomic E-state index is 0.0122. The van der Waals surface area contributed by atoms with Crippen LogP contribution in [0.2, 0.25) is 0 Å². The Kier molecular flexibility index (Phi) is 13.0. The minimum Gasteiger partial charge on any atom is -0.486 e. The molecule has 0 unspecified atom stereocenters. The van der Waals surface area contributed by atoms with Gasteiger partial charge in [-0.05, 0) is 50.0 Å². The molecule has 0 aromatic heterocycles. The first kappa shape index (κ1) is 35.3. The molecule has 11 nitrogen and oxygen atoms in total. The van der Waals surface area contributed by atoms with Crippen LogP contribution in [-0.2, 0) is 26.0 Å². The number of likely N-dealkylation sites (N-methyl/N-ethyl adjacent to an activating group) is 1. The first-order valence-electron chi connectivity index (χ1n) is 15.2. The van der Waals surface area contributed by atoms with Gasteiger partial charge in [0.1, 0.15) is 13.2 Å². The number of ether oxygens (including phenoxy) is 2. The highest BCUT2D eigenvalue weighted by Gasteiger charge is 2.36. The fourth-order valence-corrected chi connectivity index (χ4v) is 6.56. The van der Waals surface area contributed by atoms with Crippen LogP contribution in [-0.4, -0.2) is 98.6 Å². The van der Waals surface area contributed by atoms with Crippen molar-refractivity contribution in [3.8, 4) is 11.5 Å². The molecule has 0 radical (unpaired) electrons. The molecule has 3 rings (SSSR count). The van der Waals surface area contributed by atoms with Crippen molar-refractivity contribution in [1.29, 1.82) is 0 Å². The summed E-state index contributed by atoms with van der Waals surface area (Å²) < 4.78 is 40.5. The number of hydrazine groups is 1. The number of nitrogens with one attached hydrogen (secondary N) is 1. The zero-order chi connectivity index (χ0) is 32.4. The number of aliphatic hydroxyl groups excluding tert-OH is 1. The number of rotatable bonds is 15. The summed E-state index contributed by atoms with van der Waals surface area (Å²) >= 11 is 0. The van der Waals surface area contributed by atoms with Gasteiger partial charge in [-0.2, -0.15) is 4.31 Å². The Labute approximate surface area is 262 Å². The van der Waals surface area contributed by atoms with Crippen LogP contribution in [0.1, 0.15) is 46.1 Å². The lowest BCUT2D eigenvalue weighted by atomic mass is 9.98. The van der Waals surface area contributed by atoms with Gasteiger partial charge in [0.25, 0.3) is 5.91 Å². The molecule has 0 saturated heterocycles. The summed E-state index contributed by atoms with van der Waals surface area (Å²) in [6.45, 7) is 8.26. The van der Waals surface area contributed by atoms with Gasteiger partial charge in [-0.3, -0.25) is 15.0 Å². The molecule has 2 aromatic rings.